The number of hydrogen-bond acceptors (Lipinski definition) is 3. The second kappa shape index (κ2) is 4.71. The molecule has 0 fully saturated rings. The lowest BCUT2D eigenvalue weighted by molar-refractivity contribution is -0.135. The molecule has 0 aliphatic heterocycles. The predicted octanol–water partition coefficient (Wildman–Crippen LogP) is -1.33. The molecular formula is C7H15N3O2. The molecule has 0 radical (unpaired) electrons. The number of hydrogen-bond donors (Lipinski definition) is 2. The Morgan fingerprint density at radius 2 is 1.92 bits per heavy atom. The van der Waals surface area contributed by atoms with E-state index in [2.05, 4.69) is 0 Å². The molecule has 0 aromatic heterocycles. The standard InChI is InChI=1S/C7H15N3O2/c1-5(2)10(4-6(9)11)7(12)3-8/h5H,3-4,8H2,1-2H3,(H2,9,11). The third kappa shape index (κ3) is 3.34. The average Bonchev–Trinajstić information content (AvgIpc) is 1.98. The number of amides is 2. The zero-order valence-electron chi connectivity index (χ0n) is 7.41. The van der Waals surface area contributed by atoms with E-state index in [-0.39, 0.29) is 25.0 Å². The summed E-state index contributed by atoms with van der Waals surface area (Å²) in [7, 11) is 0. The van der Waals surface area contributed by atoms with Crippen LogP contribution in [0.5, 0.6) is 0 Å². The molecule has 0 aromatic rings. The van der Waals surface area contributed by atoms with Gasteiger partial charge < -0.3 is 16.4 Å². The molecule has 0 heterocycles. The Morgan fingerprint density at radius 3 is 2.17 bits per heavy atom. The summed E-state index contributed by atoms with van der Waals surface area (Å²) in [6.45, 7) is 3.45. The molecule has 5 nitrogen and oxygen atoms in total. The van der Waals surface area contributed by atoms with Gasteiger partial charge in [-0.1, -0.05) is 0 Å². The molecule has 0 aromatic carbocycles. The maximum absolute atomic E-state index is 11.1. The molecule has 0 saturated carbocycles. The smallest absolute Gasteiger partial charge is 0.237 e. The van der Waals surface area contributed by atoms with Crippen molar-refractivity contribution in [3.63, 3.8) is 0 Å². The van der Waals surface area contributed by atoms with Gasteiger partial charge in [-0.25, -0.2) is 0 Å². The van der Waals surface area contributed by atoms with Crippen molar-refractivity contribution < 1.29 is 9.59 Å². The van der Waals surface area contributed by atoms with Crippen LogP contribution in [-0.4, -0.2) is 35.8 Å². The van der Waals surface area contributed by atoms with E-state index in [1.807, 2.05) is 0 Å². The summed E-state index contributed by atoms with van der Waals surface area (Å²) in [5.74, 6) is -0.783. The molecular weight excluding hydrogens is 158 g/mol. The number of carbonyl (C=O) groups is 2. The fraction of sp³-hybridized carbons (Fsp3) is 0.714. The van der Waals surface area contributed by atoms with Crippen LogP contribution in [0.1, 0.15) is 13.8 Å². The molecule has 4 N–H and O–H groups in total. The minimum absolute atomic E-state index is 0.0476. The predicted molar refractivity (Wildman–Crippen MR) is 45.1 cm³/mol. The first-order valence-corrected chi connectivity index (χ1v) is 3.77. The van der Waals surface area contributed by atoms with Crippen LogP contribution in [0.3, 0.4) is 0 Å². The normalized spacial score (nSPS) is 10.0. The Balaban J connectivity index is 4.23. The van der Waals surface area contributed by atoms with Crippen molar-refractivity contribution in [3.8, 4) is 0 Å². The molecule has 0 rings (SSSR count). The maximum Gasteiger partial charge on any atom is 0.237 e. The van der Waals surface area contributed by atoms with Crippen LogP contribution < -0.4 is 11.5 Å². The van der Waals surface area contributed by atoms with Gasteiger partial charge >= 0.3 is 0 Å². The summed E-state index contributed by atoms with van der Waals surface area (Å²) in [6, 6.07) is -0.0476. The first-order chi connectivity index (χ1) is 5.49. The van der Waals surface area contributed by atoms with Gasteiger partial charge in [0.05, 0.1) is 13.1 Å². The summed E-state index contributed by atoms with van der Waals surface area (Å²) in [4.78, 5) is 23.0. The van der Waals surface area contributed by atoms with Gasteiger partial charge in [0, 0.05) is 6.04 Å². The summed E-state index contributed by atoms with van der Waals surface area (Å²) in [5.41, 5.74) is 10.1. The van der Waals surface area contributed by atoms with Crippen molar-refractivity contribution in [2.75, 3.05) is 13.1 Å². The van der Waals surface area contributed by atoms with E-state index in [1.54, 1.807) is 13.8 Å². The van der Waals surface area contributed by atoms with Gasteiger partial charge in [0.1, 0.15) is 0 Å². The number of rotatable bonds is 4. The lowest BCUT2D eigenvalue weighted by atomic mass is 10.3. The van der Waals surface area contributed by atoms with E-state index < -0.39 is 5.91 Å². The Bertz CT molecular complexity index is 179. The van der Waals surface area contributed by atoms with E-state index in [4.69, 9.17) is 11.5 Å². The lowest BCUT2D eigenvalue weighted by Crippen LogP contribution is -2.45. The van der Waals surface area contributed by atoms with Crippen molar-refractivity contribution in [2.45, 2.75) is 19.9 Å². The third-order valence-electron chi connectivity index (χ3n) is 1.44. The second-order valence-corrected chi connectivity index (χ2v) is 2.79. The lowest BCUT2D eigenvalue weighted by Gasteiger charge is -2.24. The Hall–Kier alpha value is -1.10. The molecule has 0 bridgehead atoms. The van der Waals surface area contributed by atoms with Crippen molar-refractivity contribution in [1.82, 2.24) is 4.90 Å². The van der Waals surface area contributed by atoms with E-state index >= 15 is 0 Å². The minimum Gasteiger partial charge on any atom is -0.368 e. The van der Waals surface area contributed by atoms with E-state index in [1.165, 1.54) is 4.90 Å². The highest BCUT2D eigenvalue weighted by atomic mass is 16.2. The van der Waals surface area contributed by atoms with Gasteiger partial charge in [0.2, 0.25) is 11.8 Å². The average molecular weight is 173 g/mol. The van der Waals surface area contributed by atoms with Crippen LogP contribution in [0.15, 0.2) is 0 Å². The Kier molecular flexibility index (Phi) is 4.28. The summed E-state index contributed by atoms with van der Waals surface area (Å²) in [6.07, 6.45) is 0. The molecule has 0 spiro atoms. The molecule has 12 heavy (non-hydrogen) atoms. The highest BCUT2D eigenvalue weighted by molar-refractivity contribution is 5.84. The van der Waals surface area contributed by atoms with Crippen molar-refractivity contribution in [2.24, 2.45) is 11.5 Å². The monoisotopic (exact) mass is 173 g/mol. The molecule has 0 unspecified atom stereocenters. The quantitative estimate of drug-likeness (QED) is 0.551. The highest BCUT2D eigenvalue weighted by Gasteiger charge is 2.16. The fourth-order valence-electron chi connectivity index (χ4n) is 0.844. The van der Waals surface area contributed by atoms with Crippen LogP contribution in [0, 0.1) is 0 Å². The van der Waals surface area contributed by atoms with Crippen LogP contribution in [0.4, 0.5) is 0 Å². The zero-order chi connectivity index (χ0) is 9.72. The van der Waals surface area contributed by atoms with Crippen molar-refractivity contribution >= 4 is 11.8 Å². The SMILES string of the molecule is CC(C)N(CC(N)=O)C(=O)CN. The van der Waals surface area contributed by atoms with Crippen LogP contribution in [0.25, 0.3) is 0 Å². The van der Waals surface area contributed by atoms with E-state index in [0.29, 0.717) is 0 Å². The van der Waals surface area contributed by atoms with Crippen molar-refractivity contribution in [1.29, 1.82) is 0 Å². The molecule has 0 saturated heterocycles. The maximum atomic E-state index is 11.1. The first-order valence-electron chi connectivity index (χ1n) is 3.77. The number of primary amides is 1. The number of nitrogens with two attached hydrogens (primary N) is 2. The summed E-state index contributed by atoms with van der Waals surface area (Å²) < 4.78 is 0. The third-order valence-corrected chi connectivity index (χ3v) is 1.44. The van der Waals surface area contributed by atoms with Gasteiger partial charge in [-0.3, -0.25) is 9.59 Å². The van der Waals surface area contributed by atoms with Gasteiger partial charge in [-0.05, 0) is 13.8 Å². The van der Waals surface area contributed by atoms with Gasteiger partial charge in [0.25, 0.3) is 0 Å². The largest absolute Gasteiger partial charge is 0.368 e. The molecule has 0 atom stereocenters. The van der Waals surface area contributed by atoms with Gasteiger partial charge in [0.15, 0.2) is 0 Å². The molecule has 5 heteroatoms. The topological polar surface area (TPSA) is 89.4 Å². The van der Waals surface area contributed by atoms with E-state index in [0.717, 1.165) is 0 Å². The van der Waals surface area contributed by atoms with Crippen LogP contribution >= 0.6 is 0 Å². The number of carbonyl (C=O) groups excluding carboxylic acids is 2. The highest BCUT2D eigenvalue weighted by Crippen LogP contribution is 1.96. The molecule has 2 amide bonds. The molecule has 70 valence electrons. The van der Waals surface area contributed by atoms with Gasteiger partial charge in [-0.2, -0.15) is 0 Å². The first kappa shape index (κ1) is 10.9. The summed E-state index contributed by atoms with van der Waals surface area (Å²) >= 11 is 0. The zero-order valence-corrected chi connectivity index (χ0v) is 7.41. The van der Waals surface area contributed by atoms with Crippen LogP contribution in [-0.2, 0) is 9.59 Å². The molecule has 0 aliphatic rings. The van der Waals surface area contributed by atoms with Gasteiger partial charge in [-0.15, -0.1) is 0 Å². The fourth-order valence-corrected chi connectivity index (χ4v) is 0.844. The molecule has 0 aliphatic carbocycles. The Morgan fingerprint density at radius 1 is 1.42 bits per heavy atom. The van der Waals surface area contributed by atoms with E-state index in [9.17, 15) is 9.59 Å². The van der Waals surface area contributed by atoms with Crippen LogP contribution in [0.2, 0.25) is 0 Å². The second-order valence-electron chi connectivity index (χ2n) is 2.79. The summed E-state index contributed by atoms with van der Waals surface area (Å²) in [5, 5.41) is 0. The minimum atomic E-state index is -0.523. The Labute approximate surface area is 71.7 Å². The van der Waals surface area contributed by atoms with Crippen molar-refractivity contribution in [3.05, 3.63) is 0 Å². The number of nitrogens with zero attached hydrogens (tertiary/aromatic N) is 1.